The SMILES string of the molecule is CN1CC(S(=O)(=O)NC(=O)Nc2c3c(cc4c2CCC4)CCC3)C(=O)N(C)C1=O. The lowest BCUT2D eigenvalue weighted by Crippen LogP contribution is -2.60. The van der Waals surface area contributed by atoms with E-state index in [2.05, 4.69) is 11.4 Å². The molecule has 0 radical (unpaired) electrons. The quantitative estimate of drug-likeness (QED) is 0.757. The second-order valence-corrected chi connectivity index (χ2v) is 9.75. The fourth-order valence-corrected chi connectivity index (χ4v) is 5.80. The molecule has 0 spiro atoms. The van der Waals surface area contributed by atoms with Gasteiger partial charge < -0.3 is 10.2 Å². The largest absolute Gasteiger partial charge is 0.332 e. The lowest BCUT2D eigenvalue weighted by Gasteiger charge is -2.33. The minimum atomic E-state index is -4.32. The van der Waals surface area contributed by atoms with Gasteiger partial charge in [-0.25, -0.2) is 22.7 Å². The van der Waals surface area contributed by atoms with Gasteiger partial charge in [0.2, 0.25) is 10.0 Å². The van der Waals surface area contributed by atoms with Gasteiger partial charge in [-0.1, -0.05) is 6.07 Å². The van der Waals surface area contributed by atoms with Gasteiger partial charge in [-0.15, -0.1) is 0 Å². The smallest absolute Gasteiger partial charge is 0.325 e. The third kappa shape index (κ3) is 3.35. The number of hydrogen-bond acceptors (Lipinski definition) is 5. The number of amides is 5. The number of fused-ring (bicyclic) bond motifs is 2. The van der Waals surface area contributed by atoms with Crippen LogP contribution in [0.4, 0.5) is 15.3 Å². The van der Waals surface area contributed by atoms with E-state index in [0.717, 1.165) is 65.1 Å². The van der Waals surface area contributed by atoms with E-state index in [1.165, 1.54) is 25.2 Å². The normalized spacial score (nSPS) is 21.2. The number of benzene rings is 1. The molecule has 1 heterocycles. The Morgan fingerprint density at radius 3 is 2.21 bits per heavy atom. The molecular weight excluding hydrogens is 396 g/mol. The standard InChI is InChI=1S/C19H24N4O5S/c1-22-10-15(17(24)23(2)19(22)26)29(27,28)21-18(25)20-16-13-7-3-5-11(13)9-12-6-4-8-14(12)16/h9,15H,3-8,10H2,1-2H3,(H2,20,21,25). The second-order valence-electron chi connectivity index (χ2n) is 7.88. The zero-order valence-electron chi connectivity index (χ0n) is 16.4. The monoisotopic (exact) mass is 420 g/mol. The fourth-order valence-electron chi connectivity index (χ4n) is 4.51. The minimum Gasteiger partial charge on any atom is -0.325 e. The Bertz CT molecular complexity index is 988. The molecule has 0 bridgehead atoms. The third-order valence-corrected chi connectivity index (χ3v) is 7.55. The number of imide groups is 1. The molecule has 1 aromatic carbocycles. The Balaban J connectivity index is 1.55. The van der Waals surface area contributed by atoms with E-state index < -0.39 is 33.2 Å². The van der Waals surface area contributed by atoms with Gasteiger partial charge in [0.1, 0.15) is 0 Å². The van der Waals surface area contributed by atoms with E-state index in [1.54, 1.807) is 0 Å². The lowest BCUT2D eigenvalue weighted by atomic mass is 9.99. The van der Waals surface area contributed by atoms with Gasteiger partial charge in [0.25, 0.3) is 5.91 Å². The highest BCUT2D eigenvalue weighted by Crippen LogP contribution is 2.38. The Morgan fingerprint density at radius 1 is 1.03 bits per heavy atom. The molecule has 2 N–H and O–H groups in total. The van der Waals surface area contributed by atoms with Crippen LogP contribution in [0.15, 0.2) is 6.07 Å². The number of hydrogen-bond donors (Lipinski definition) is 2. The average molecular weight is 420 g/mol. The van der Waals surface area contributed by atoms with Gasteiger partial charge in [0, 0.05) is 26.3 Å². The van der Waals surface area contributed by atoms with E-state index in [-0.39, 0.29) is 6.54 Å². The number of sulfonamides is 1. The Morgan fingerprint density at radius 2 is 1.62 bits per heavy atom. The number of rotatable bonds is 3. The van der Waals surface area contributed by atoms with Crippen LogP contribution in [0, 0.1) is 0 Å². The van der Waals surface area contributed by atoms with Crippen molar-refractivity contribution in [2.45, 2.75) is 43.8 Å². The first-order valence-electron chi connectivity index (χ1n) is 9.71. The number of carbonyl (C=O) groups is 3. The van der Waals surface area contributed by atoms with E-state index in [4.69, 9.17) is 0 Å². The molecule has 10 heteroatoms. The Labute approximate surface area is 169 Å². The molecule has 1 fully saturated rings. The summed E-state index contributed by atoms with van der Waals surface area (Å²) >= 11 is 0. The molecule has 5 amide bonds. The molecule has 156 valence electrons. The topological polar surface area (TPSA) is 116 Å². The number of anilines is 1. The molecular formula is C19H24N4O5S. The Hall–Kier alpha value is -2.62. The van der Waals surface area contributed by atoms with Gasteiger partial charge in [-0.3, -0.25) is 9.69 Å². The van der Waals surface area contributed by atoms with Gasteiger partial charge in [-0.05, 0) is 60.8 Å². The highest BCUT2D eigenvalue weighted by Gasteiger charge is 2.44. The molecule has 1 atom stereocenters. The number of carbonyl (C=O) groups excluding carboxylic acids is 3. The molecule has 1 saturated heterocycles. The zero-order chi connectivity index (χ0) is 20.9. The predicted molar refractivity (Wildman–Crippen MR) is 106 cm³/mol. The molecule has 1 aliphatic heterocycles. The van der Waals surface area contributed by atoms with Gasteiger partial charge in [-0.2, -0.15) is 0 Å². The van der Waals surface area contributed by atoms with Crippen molar-refractivity contribution in [3.8, 4) is 0 Å². The van der Waals surface area contributed by atoms with Crippen LogP contribution >= 0.6 is 0 Å². The summed E-state index contributed by atoms with van der Waals surface area (Å²) in [6.07, 6.45) is 5.64. The summed E-state index contributed by atoms with van der Waals surface area (Å²) in [5.41, 5.74) is 5.31. The van der Waals surface area contributed by atoms with Crippen LogP contribution < -0.4 is 10.0 Å². The maximum Gasteiger partial charge on any atom is 0.332 e. The summed E-state index contributed by atoms with van der Waals surface area (Å²) in [5.74, 6) is -0.852. The number of urea groups is 2. The molecule has 29 heavy (non-hydrogen) atoms. The Kier molecular flexibility index (Phi) is 4.76. The maximum absolute atomic E-state index is 12.7. The van der Waals surface area contributed by atoms with Crippen molar-refractivity contribution < 1.29 is 22.8 Å². The molecule has 1 aromatic rings. The van der Waals surface area contributed by atoms with Crippen molar-refractivity contribution in [3.63, 3.8) is 0 Å². The van der Waals surface area contributed by atoms with Crippen LogP contribution in [0.25, 0.3) is 0 Å². The van der Waals surface area contributed by atoms with Crippen LogP contribution in [0.1, 0.15) is 35.1 Å². The van der Waals surface area contributed by atoms with Gasteiger partial charge >= 0.3 is 12.1 Å². The van der Waals surface area contributed by atoms with Crippen LogP contribution in [0.5, 0.6) is 0 Å². The third-order valence-electron chi connectivity index (χ3n) is 5.98. The first kappa shape index (κ1) is 19.7. The van der Waals surface area contributed by atoms with Crippen molar-refractivity contribution >= 4 is 33.7 Å². The zero-order valence-corrected chi connectivity index (χ0v) is 17.3. The first-order valence-corrected chi connectivity index (χ1v) is 11.3. The van der Waals surface area contributed by atoms with E-state index in [0.29, 0.717) is 0 Å². The van der Waals surface area contributed by atoms with Gasteiger partial charge in [0.05, 0.1) is 0 Å². The van der Waals surface area contributed by atoms with Crippen molar-refractivity contribution in [1.29, 1.82) is 0 Å². The summed E-state index contributed by atoms with van der Waals surface area (Å²) in [5, 5.41) is 1.22. The molecule has 1 unspecified atom stereocenters. The molecule has 9 nitrogen and oxygen atoms in total. The van der Waals surface area contributed by atoms with E-state index >= 15 is 0 Å². The summed E-state index contributed by atoms with van der Waals surface area (Å²) < 4.78 is 27.4. The number of nitrogens with zero attached hydrogens (tertiary/aromatic N) is 2. The molecule has 0 saturated carbocycles. The summed E-state index contributed by atoms with van der Waals surface area (Å²) in [6, 6.07) is 0.754. The molecule has 4 rings (SSSR count). The lowest BCUT2D eigenvalue weighted by molar-refractivity contribution is -0.129. The van der Waals surface area contributed by atoms with Crippen molar-refractivity contribution in [2.24, 2.45) is 0 Å². The number of nitrogens with one attached hydrogen (secondary N) is 2. The summed E-state index contributed by atoms with van der Waals surface area (Å²) in [7, 11) is -1.69. The number of aryl methyl sites for hydroxylation is 2. The second kappa shape index (κ2) is 7.01. The fraction of sp³-hybridized carbons (Fsp3) is 0.526. The van der Waals surface area contributed by atoms with E-state index in [9.17, 15) is 22.8 Å². The molecule has 0 aromatic heterocycles. The van der Waals surface area contributed by atoms with E-state index in [1.807, 2.05) is 4.72 Å². The van der Waals surface area contributed by atoms with Gasteiger partial charge in [0.15, 0.2) is 5.25 Å². The van der Waals surface area contributed by atoms with Crippen LogP contribution in [-0.2, 0) is 40.5 Å². The van der Waals surface area contributed by atoms with Crippen LogP contribution in [-0.4, -0.2) is 62.1 Å². The van der Waals surface area contributed by atoms with Crippen molar-refractivity contribution in [2.75, 3.05) is 26.0 Å². The van der Waals surface area contributed by atoms with Crippen molar-refractivity contribution in [1.82, 2.24) is 14.5 Å². The summed E-state index contributed by atoms with van der Waals surface area (Å²) in [4.78, 5) is 38.6. The molecule has 3 aliphatic rings. The predicted octanol–water partition coefficient (Wildman–Crippen LogP) is 1.01. The van der Waals surface area contributed by atoms with Crippen molar-refractivity contribution in [3.05, 3.63) is 28.3 Å². The summed E-state index contributed by atoms with van der Waals surface area (Å²) in [6.45, 7) is -0.305. The average Bonchev–Trinajstić information content (AvgIpc) is 3.31. The maximum atomic E-state index is 12.7. The molecule has 2 aliphatic carbocycles. The highest BCUT2D eigenvalue weighted by molar-refractivity contribution is 7.91. The van der Waals surface area contributed by atoms with Crippen LogP contribution in [0.3, 0.4) is 0 Å². The van der Waals surface area contributed by atoms with Crippen LogP contribution in [0.2, 0.25) is 0 Å². The minimum absolute atomic E-state index is 0.305. The highest BCUT2D eigenvalue weighted by atomic mass is 32.2. The first-order chi connectivity index (χ1) is 13.7.